The van der Waals surface area contributed by atoms with E-state index in [0.29, 0.717) is 6.54 Å². The predicted octanol–water partition coefficient (Wildman–Crippen LogP) is 4.61. The van der Waals surface area contributed by atoms with Gasteiger partial charge in [-0.2, -0.15) is 0 Å². The van der Waals surface area contributed by atoms with Crippen molar-refractivity contribution in [2.75, 3.05) is 6.54 Å². The van der Waals surface area contributed by atoms with Crippen LogP contribution in [0.1, 0.15) is 38.1 Å². The van der Waals surface area contributed by atoms with Gasteiger partial charge in [-0.05, 0) is 44.9 Å². The van der Waals surface area contributed by atoms with Crippen molar-refractivity contribution in [3.63, 3.8) is 0 Å². The second-order valence-corrected chi connectivity index (χ2v) is 6.13. The lowest BCUT2D eigenvalue weighted by atomic mass is 9.97. The Morgan fingerprint density at radius 1 is 0.952 bits per heavy atom. The molecule has 0 bridgehead atoms. The van der Waals surface area contributed by atoms with Gasteiger partial charge in [-0.3, -0.25) is 4.79 Å². The summed E-state index contributed by atoms with van der Waals surface area (Å²) >= 11 is 0. The molecule has 0 aliphatic heterocycles. The predicted molar refractivity (Wildman–Crippen MR) is 88.3 cm³/mol. The van der Waals surface area contributed by atoms with E-state index in [4.69, 9.17) is 0 Å². The SMILES string of the molecule is CCN(C(=O)c1ccccc1-c1ccccc1)C(C)(C)C. The van der Waals surface area contributed by atoms with E-state index in [1.807, 2.05) is 66.4 Å². The Bertz CT molecular complexity index is 611. The Labute approximate surface area is 127 Å². The molecule has 0 atom stereocenters. The number of benzene rings is 2. The highest BCUT2D eigenvalue weighted by atomic mass is 16.2. The first-order valence-electron chi connectivity index (χ1n) is 7.41. The van der Waals surface area contributed by atoms with E-state index in [1.54, 1.807) is 0 Å². The van der Waals surface area contributed by atoms with Crippen LogP contribution >= 0.6 is 0 Å². The average Bonchev–Trinajstić information content (AvgIpc) is 2.47. The summed E-state index contributed by atoms with van der Waals surface area (Å²) in [5.41, 5.74) is 2.65. The molecular weight excluding hydrogens is 258 g/mol. The summed E-state index contributed by atoms with van der Waals surface area (Å²) in [4.78, 5) is 14.9. The molecule has 0 aliphatic carbocycles. The number of nitrogens with zero attached hydrogens (tertiary/aromatic N) is 1. The number of rotatable bonds is 3. The van der Waals surface area contributed by atoms with Crippen molar-refractivity contribution in [2.24, 2.45) is 0 Å². The lowest BCUT2D eigenvalue weighted by Gasteiger charge is -2.35. The van der Waals surface area contributed by atoms with E-state index in [2.05, 4.69) is 20.8 Å². The van der Waals surface area contributed by atoms with Crippen LogP contribution in [0.4, 0.5) is 0 Å². The number of amides is 1. The molecule has 2 rings (SSSR count). The molecule has 0 saturated heterocycles. The van der Waals surface area contributed by atoms with Gasteiger partial charge in [-0.1, -0.05) is 48.5 Å². The van der Waals surface area contributed by atoms with Crippen LogP contribution in [-0.4, -0.2) is 22.9 Å². The summed E-state index contributed by atoms with van der Waals surface area (Å²) in [7, 11) is 0. The molecule has 2 heteroatoms. The summed E-state index contributed by atoms with van der Waals surface area (Å²) in [6.45, 7) is 8.93. The Morgan fingerprint density at radius 2 is 1.52 bits per heavy atom. The fraction of sp³-hybridized carbons (Fsp3) is 0.316. The molecule has 0 spiro atoms. The minimum atomic E-state index is -0.185. The lowest BCUT2D eigenvalue weighted by Crippen LogP contribution is -2.45. The van der Waals surface area contributed by atoms with Crippen LogP contribution in [-0.2, 0) is 0 Å². The third-order valence-corrected chi connectivity index (χ3v) is 3.61. The summed E-state index contributed by atoms with van der Waals surface area (Å²) in [5, 5.41) is 0. The first-order valence-corrected chi connectivity index (χ1v) is 7.41. The molecule has 0 saturated carbocycles. The van der Waals surface area contributed by atoms with Crippen molar-refractivity contribution in [1.82, 2.24) is 4.90 Å². The molecule has 2 nitrogen and oxygen atoms in total. The van der Waals surface area contributed by atoms with Gasteiger partial charge in [0.05, 0.1) is 0 Å². The molecule has 21 heavy (non-hydrogen) atoms. The standard InChI is InChI=1S/C19H23NO/c1-5-20(19(2,3)4)18(21)17-14-10-9-13-16(17)15-11-7-6-8-12-15/h6-14H,5H2,1-4H3. The Balaban J connectivity index is 2.48. The van der Waals surface area contributed by atoms with Crippen LogP contribution in [0.25, 0.3) is 11.1 Å². The van der Waals surface area contributed by atoms with Gasteiger partial charge in [0.15, 0.2) is 0 Å². The maximum atomic E-state index is 12.9. The molecule has 110 valence electrons. The zero-order chi connectivity index (χ0) is 15.5. The Hall–Kier alpha value is -2.09. The highest BCUT2D eigenvalue weighted by molar-refractivity contribution is 6.01. The fourth-order valence-corrected chi connectivity index (χ4v) is 2.61. The third kappa shape index (κ3) is 3.33. The average molecular weight is 281 g/mol. The molecule has 0 heterocycles. The highest BCUT2D eigenvalue weighted by Crippen LogP contribution is 2.26. The molecule has 1 amide bonds. The summed E-state index contributed by atoms with van der Waals surface area (Å²) in [5.74, 6) is 0.0875. The van der Waals surface area contributed by atoms with E-state index >= 15 is 0 Å². The molecule has 2 aromatic carbocycles. The van der Waals surface area contributed by atoms with E-state index < -0.39 is 0 Å². The van der Waals surface area contributed by atoms with Gasteiger partial charge in [0, 0.05) is 17.6 Å². The molecule has 0 fully saturated rings. The van der Waals surface area contributed by atoms with E-state index in [9.17, 15) is 4.79 Å². The largest absolute Gasteiger partial charge is 0.334 e. The van der Waals surface area contributed by atoms with Gasteiger partial charge in [0.2, 0.25) is 0 Å². The van der Waals surface area contributed by atoms with Crippen LogP contribution in [0.2, 0.25) is 0 Å². The maximum Gasteiger partial charge on any atom is 0.254 e. The Kier molecular flexibility index (Phi) is 4.46. The summed E-state index contributed by atoms with van der Waals surface area (Å²) in [6.07, 6.45) is 0. The van der Waals surface area contributed by atoms with Crippen LogP contribution in [0.5, 0.6) is 0 Å². The van der Waals surface area contributed by atoms with Crippen LogP contribution < -0.4 is 0 Å². The Morgan fingerprint density at radius 3 is 2.10 bits per heavy atom. The second-order valence-electron chi connectivity index (χ2n) is 6.13. The minimum absolute atomic E-state index is 0.0875. The maximum absolute atomic E-state index is 12.9. The van der Waals surface area contributed by atoms with Gasteiger partial charge >= 0.3 is 0 Å². The number of carbonyl (C=O) groups is 1. The zero-order valence-corrected chi connectivity index (χ0v) is 13.3. The van der Waals surface area contributed by atoms with E-state index in [-0.39, 0.29) is 11.4 Å². The number of hydrogen-bond acceptors (Lipinski definition) is 1. The minimum Gasteiger partial charge on any atom is -0.334 e. The highest BCUT2D eigenvalue weighted by Gasteiger charge is 2.27. The van der Waals surface area contributed by atoms with E-state index in [0.717, 1.165) is 16.7 Å². The topological polar surface area (TPSA) is 20.3 Å². The fourth-order valence-electron chi connectivity index (χ4n) is 2.61. The molecule has 0 N–H and O–H groups in total. The molecule has 0 unspecified atom stereocenters. The quantitative estimate of drug-likeness (QED) is 0.804. The van der Waals surface area contributed by atoms with Crippen LogP contribution in [0.3, 0.4) is 0 Å². The van der Waals surface area contributed by atoms with Gasteiger partial charge in [0.1, 0.15) is 0 Å². The molecule has 2 aromatic rings. The van der Waals surface area contributed by atoms with Crippen LogP contribution in [0, 0.1) is 0 Å². The zero-order valence-electron chi connectivity index (χ0n) is 13.3. The molecular formula is C19H23NO. The number of carbonyl (C=O) groups excluding carboxylic acids is 1. The lowest BCUT2D eigenvalue weighted by molar-refractivity contribution is 0.0600. The van der Waals surface area contributed by atoms with Crippen molar-refractivity contribution in [2.45, 2.75) is 33.2 Å². The van der Waals surface area contributed by atoms with Gasteiger partial charge in [-0.15, -0.1) is 0 Å². The van der Waals surface area contributed by atoms with Crippen molar-refractivity contribution < 1.29 is 4.79 Å². The van der Waals surface area contributed by atoms with Crippen molar-refractivity contribution in [1.29, 1.82) is 0 Å². The number of hydrogen-bond donors (Lipinski definition) is 0. The van der Waals surface area contributed by atoms with Gasteiger partial charge < -0.3 is 4.90 Å². The third-order valence-electron chi connectivity index (χ3n) is 3.61. The van der Waals surface area contributed by atoms with Crippen LogP contribution in [0.15, 0.2) is 54.6 Å². The smallest absolute Gasteiger partial charge is 0.254 e. The normalized spacial score (nSPS) is 11.2. The monoisotopic (exact) mass is 281 g/mol. The van der Waals surface area contributed by atoms with Gasteiger partial charge in [-0.25, -0.2) is 0 Å². The van der Waals surface area contributed by atoms with Gasteiger partial charge in [0.25, 0.3) is 5.91 Å². The van der Waals surface area contributed by atoms with Crippen molar-refractivity contribution in [3.05, 3.63) is 60.2 Å². The summed E-state index contributed by atoms with van der Waals surface area (Å²) < 4.78 is 0. The molecule has 0 aliphatic rings. The van der Waals surface area contributed by atoms with Crippen molar-refractivity contribution >= 4 is 5.91 Å². The summed E-state index contributed by atoms with van der Waals surface area (Å²) in [6, 6.07) is 17.9. The van der Waals surface area contributed by atoms with Crippen molar-refractivity contribution in [3.8, 4) is 11.1 Å². The first-order chi connectivity index (χ1) is 9.95. The van der Waals surface area contributed by atoms with E-state index in [1.165, 1.54) is 0 Å². The molecule has 0 radical (unpaired) electrons. The molecule has 0 aromatic heterocycles. The first kappa shape index (κ1) is 15.3. The second kappa shape index (κ2) is 6.13.